The number of nitrogens with zero attached hydrogens (tertiary/aromatic N) is 2. The highest BCUT2D eigenvalue weighted by Gasteiger charge is 2.05. The fourth-order valence-corrected chi connectivity index (χ4v) is 1.54. The van der Waals surface area contributed by atoms with E-state index in [4.69, 9.17) is 10.5 Å². The Hall–Kier alpha value is -2.37. The summed E-state index contributed by atoms with van der Waals surface area (Å²) in [6.45, 7) is -0.0370. The summed E-state index contributed by atoms with van der Waals surface area (Å²) in [6, 6.07) is 8.66. The van der Waals surface area contributed by atoms with Gasteiger partial charge in [-0.25, -0.2) is 4.68 Å². The predicted molar refractivity (Wildman–Crippen MR) is 68.2 cm³/mol. The highest BCUT2D eigenvalue weighted by Crippen LogP contribution is 2.15. The summed E-state index contributed by atoms with van der Waals surface area (Å²) in [5, 5.41) is 4.04. The molecule has 0 aliphatic carbocycles. The van der Waals surface area contributed by atoms with Crippen molar-refractivity contribution in [3.05, 3.63) is 42.2 Å². The number of carbonyl (C=O) groups excluding carboxylic acids is 1. The van der Waals surface area contributed by atoms with Crippen LogP contribution in [0.2, 0.25) is 0 Å². The maximum Gasteiger partial charge on any atom is 0.269 e. The minimum Gasteiger partial charge on any atom is -0.493 e. The Bertz CT molecular complexity index is 551. The van der Waals surface area contributed by atoms with Gasteiger partial charge in [-0.15, -0.1) is 0 Å². The molecule has 0 aliphatic heterocycles. The van der Waals surface area contributed by atoms with Crippen molar-refractivity contribution < 1.29 is 13.9 Å². The van der Waals surface area contributed by atoms with Crippen molar-refractivity contribution in [2.24, 2.45) is 5.73 Å². The Morgan fingerprint density at radius 2 is 2.05 bits per heavy atom. The van der Waals surface area contributed by atoms with E-state index in [9.17, 15) is 9.18 Å². The molecule has 0 aliphatic rings. The second-order valence-electron chi connectivity index (χ2n) is 3.89. The van der Waals surface area contributed by atoms with E-state index in [1.54, 1.807) is 41.2 Å². The van der Waals surface area contributed by atoms with Crippen LogP contribution in [0.1, 0.15) is 16.9 Å². The molecule has 0 unspecified atom stereocenters. The molecular weight excluding hydrogens is 249 g/mol. The molecule has 0 saturated carbocycles. The van der Waals surface area contributed by atoms with Gasteiger partial charge >= 0.3 is 0 Å². The second kappa shape index (κ2) is 5.99. The molecule has 1 aromatic heterocycles. The Morgan fingerprint density at radius 3 is 2.63 bits per heavy atom. The van der Waals surface area contributed by atoms with E-state index in [0.717, 1.165) is 5.69 Å². The minimum atomic E-state index is -0.565. The summed E-state index contributed by atoms with van der Waals surface area (Å²) in [6.07, 6.45) is 2.03. The number of amides is 1. The lowest BCUT2D eigenvalue weighted by molar-refractivity contribution is 0.0995. The number of ether oxygens (including phenoxy) is 1. The van der Waals surface area contributed by atoms with Crippen LogP contribution in [0.15, 0.2) is 36.5 Å². The maximum absolute atomic E-state index is 11.9. The first kappa shape index (κ1) is 13.1. The normalized spacial score (nSPS) is 10.4. The van der Waals surface area contributed by atoms with Crippen LogP contribution in [0.4, 0.5) is 4.39 Å². The van der Waals surface area contributed by atoms with Gasteiger partial charge in [-0.2, -0.15) is 5.10 Å². The zero-order chi connectivity index (χ0) is 13.7. The summed E-state index contributed by atoms with van der Waals surface area (Å²) >= 11 is 0. The Morgan fingerprint density at radius 1 is 1.32 bits per heavy atom. The molecule has 5 nitrogen and oxygen atoms in total. The van der Waals surface area contributed by atoms with Crippen molar-refractivity contribution in [2.45, 2.75) is 6.42 Å². The molecule has 100 valence electrons. The van der Waals surface area contributed by atoms with Crippen molar-refractivity contribution in [1.82, 2.24) is 9.78 Å². The first-order valence-corrected chi connectivity index (χ1v) is 5.85. The first-order chi connectivity index (χ1) is 9.20. The Kier molecular flexibility index (Phi) is 4.12. The lowest BCUT2D eigenvalue weighted by atomic mass is 10.3. The van der Waals surface area contributed by atoms with Crippen LogP contribution in [0.5, 0.6) is 5.75 Å². The molecular formula is C13H14FN3O2. The molecule has 0 radical (unpaired) electrons. The summed E-state index contributed by atoms with van der Waals surface area (Å²) in [5.74, 6) is 0.101. The van der Waals surface area contributed by atoms with E-state index in [0.29, 0.717) is 18.8 Å². The number of carbonyl (C=O) groups is 1. The molecule has 0 saturated heterocycles. The van der Waals surface area contributed by atoms with Gasteiger partial charge < -0.3 is 10.5 Å². The predicted octanol–water partition coefficient (Wildman–Crippen LogP) is 1.71. The molecule has 1 amide bonds. The minimum absolute atomic E-state index is 0.211. The maximum atomic E-state index is 11.9. The largest absolute Gasteiger partial charge is 0.493 e. The standard InChI is InChI=1S/C13H14FN3O2/c14-7-1-9-19-11-4-2-10(3-5-11)17-8-6-12(16-17)13(15)18/h2-6,8H,1,7,9H2,(H2,15,18). The van der Waals surface area contributed by atoms with Crippen LogP contribution in [-0.4, -0.2) is 29.0 Å². The molecule has 2 rings (SSSR count). The molecule has 19 heavy (non-hydrogen) atoms. The van der Waals surface area contributed by atoms with Gasteiger partial charge in [-0.05, 0) is 30.3 Å². The zero-order valence-corrected chi connectivity index (χ0v) is 10.3. The molecule has 1 heterocycles. The molecule has 2 N–H and O–H groups in total. The van der Waals surface area contributed by atoms with E-state index < -0.39 is 5.91 Å². The van der Waals surface area contributed by atoms with Crippen LogP contribution in [0, 0.1) is 0 Å². The van der Waals surface area contributed by atoms with E-state index in [-0.39, 0.29) is 12.4 Å². The van der Waals surface area contributed by atoms with E-state index >= 15 is 0 Å². The van der Waals surface area contributed by atoms with Gasteiger partial charge in [-0.3, -0.25) is 9.18 Å². The van der Waals surface area contributed by atoms with Crippen molar-refractivity contribution in [1.29, 1.82) is 0 Å². The van der Waals surface area contributed by atoms with E-state index in [1.807, 2.05) is 0 Å². The Balaban J connectivity index is 2.06. The number of primary amides is 1. The number of hydrogen-bond donors (Lipinski definition) is 1. The number of aromatic nitrogens is 2. The van der Waals surface area contributed by atoms with Gasteiger partial charge in [-0.1, -0.05) is 0 Å². The van der Waals surface area contributed by atoms with Crippen LogP contribution < -0.4 is 10.5 Å². The number of hydrogen-bond acceptors (Lipinski definition) is 3. The third-order valence-electron chi connectivity index (χ3n) is 2.49. The fraction of sp³-hybridized carbons (Fsp3) is 0.231. The third-order valence-corrected chi connectivity index (χ3v) is 2.49. The lowest BCUT2D eigenvalue weighted by Gasteiger charge is -2.06. The van der Waals surface area contributed by atoms with Crippen molar-refractivity contribution in [3.63, 3.8) is 0 Å². The third kappa shape index (κ3) is 3.31. The average molecular weight is 263 g/mol. The van der Waals surface area contributed by atoms with Crippen LogP contribution in [0.3, 0.4) is 0 Å². The lowest BCUT2D eigenvalue weighted by Crippen LogP contribution is -2.12. The number of rotatable bonds is 6. The van der Waals surface area contributed by atoms with Gasteiger partial charge in [0.25, 0.3) is 5.91 Å². The quantitative estimate of drug-likeness (QED) is 0.806. The van der Waals surface area contributed by atoms with Gasteiger partial charge in [0.15, 0.2) is 0 Å². The SMILES string of the molecule is NC(=O)c1ccn(-c2ccc(OCCCF)cc2)n1. The molecule has 0 spiro atoms. The zero-order valence-electron chi connectivity index (χ0n) is 10.3. The topological polar surface area (TPSA) is 70.1 Å². The van der Waals surface area contributed by atoms with Crippen LogP contribution in [0.25, 0.3) is 5.69 Å². The Labute approximate surface area is 109 Å². The van der Waals surface area contributed by atoms with Crippen molar-refractivity contribution in [3.8, 4) is 11.4 Å². The monoisotopic (exact) mass is 263 g/mol. The van der Waals surface area contributed by atoms with Gasteiger partial charge in [0.2, 0.25) is 0 Å². The van der Waals surface area contributed by atoms with Gasteiger partial charge in [0.05, 0.1) is 19.0 Å². The number of alkyl halides is 1. The summed E-state index contributed by atoms with van der Waals surface area (Å²) < 4.78 is 18.8. The van der Waals surface area contributed by atoms with E-state index in [2.05, 4.69) is 5.10 Å². The number of nitrogens with two attached hydrogens (primary N) is 1. The summed E-state index contributed by atoms with van der Waals surface area (Å²) in [4.78, 5) is 10.9. The average Bonchev–Trinajstić information content (AvgIpc) is 2.90. The van der Waals surface area contributed by atoms with E-state index in [1.165, 1.54) is 0 Å². The summed E-state index contributed by atoms with van der Waals surface area (Å²) in [7, 11) is 0. The highest BCUT2D eigenvalue weighted by molar-refractivity contribution is 5.90. The molecule has 2 aromatic rings. The van der Waals surface area contributed by atoms with Crippen molar-refractivity contribution >= 4 is 5.91 Å². The fourth-order valence-electron chi connectivity index (χ4n) is 1.54. The molecule has 0 fully saturated rings. The first-order valence-electron chi connectivity index (χ1n) is 5.85. The van der Waals surface area contributed by atoms with Gasteiger partial charge in [0.1, 0.15) is 11.4 Å². The molecule has 0 bridgehead atoms. The van der Waals surface area contributed by atoms with Crippen LogP contribution in [-0.2, 0) is 0 Å². The van der Waals surface area contributed by atoms with Crippen LogP contribution >= 0.6 is 0 Å². The molecule has 1 aromatic carbocycles. The highest BCUT2D eigenvalue weighted by atomic mass is 19.1. The summed E-state index contributed by atoms with van der Waals surface area (Å²) in [5.41, 5.74) is 6.13. The number of benzene rings is 1. The van der Waals surface area contributed by atoms with Crippen molar-refractivity contribution in [2.75, 3.05) is 13.3 Å². The number of halogens is 1. The smallest absolute Gasteiger partial charge is 0.269 e. The molecule has 6 heteroatoms. The molecule has 0 atom stereocenters. The second-order valence-corrected chi connectivity index (χ2v) is 3.89. The van der Waals surface area contributed by atoms with Gasteiger partial charge in [0, 0.05) is 12.6 Å².